The molecule has 1 aromatic heterocycles. The van der Waals surface area contributed by atoms with Gasteiger partial charge in [-0.25, -0.2) is 0 Å². The number of benzene rings is 2. The molecule has 0 aliphatic rings. The lowest BCUT2D eigenvalue weighted by Crippen LogP contribution is -1.89. The van der Waals surface area contributed by atoms with E-state index in [1.807, 2.05) is 12.1 Å². The third kappa shape index (κ3) is 2.72. The lowest BCUT2D eigenvalue weighted by atomic mass is 10.0. The molecule has 2 aromatic carbocycles. The molecule has 1 heterocycles. The fourth-order valence-corrected chi connectivity index (χ4v) is 2.55. The van der Waals surface area contributed by atoms with Gasteiger partial charge in [0.15, 0.2) is 11.6 Å². The van der Waals surface area contributed by atoms with E-state index in [1.165, 1.54) is 0 Å². The summed E-state index contributed by atoms with van der Waals surface area (Å²) in [6.07, 6.45) is 0. The molecule has 0 atom stereocenters. The zero-order chi connectivity index (χ0) is 15.0. The average Bonchev–Trinajstić information content (AvgIpc) is 2.84. The van der Waals surface area contributed by atoms with Crippen molar-refractivity contribution < 1.29 is 4.52 Å². The summed E-state index contributed by atoms with van der Waals surface area (Å²) in [6.45, 7) is 0. The Kier molecular flexibility index (Phi) is 3.81. The van der Waals surface area contributed by atoms with Crippen molar-refractivity contribution >= 4 is 40.6 Å². The van der Waals surface area contributed by atoms with Gasteiger partial charge in [0.1, 0.15) is 0 Å². The van der Waals surface area contributed by atoms with Gasteiger partial charge >= 0.3 is 0 Å². The summed E-state index contributed by atoms with van der Waals surface area (Å²) in [5.41, 5.74) is 8.16. The van der Waals surface area contributed by atoms with Crippen LogP contribution in [0.1, 0.15) is 0 Å². The summed E-state index contributed by atoms with van der Waals surface area (Å²) in [7, 11) is 0. The minimum atomic E-state index is 0.290. The van der Waals surface area contributed by atoms with Crippen LogP contribution >= 0.6 is 34.8 Å². The average molecular weight is 340 g/mol. The fourth-order valence-electron chi connectivity index (χ4n) is 2.06. The molecule has 0 saturated carbocycles. The number of nitrogens with two attached hydrogens (primary N) is 1. The van der Waals surface area contributed by atoms with E-state index in [1.54, 1.807) is 30.3 Å². The van der Waals surface area contributed by atoms with Crippen molar-refractivity contribution in [3.63, 3.8) is 0 Å². The van der Waals surface area contributed by atoms with Crippen LogP contribution in [0.4, 0.5) is 5.82 Å². The maximum atomic E-state index is 6.05. The van der Waals surface area contributed by atoms with Crippen LogP contribution in [-0.4, -0.2) is 5.16 Å². The van der Waals surface area contributed by atoms with Crippen LogP contribution in [0.15, 0.2) is 47.0 Å². The first-order valence-electron chi connectivity index (χ1n) is 6.03. The molecular weight excluding hydrogens is 331 g/mol. The molecule has 3 aromatic rings. The Morgan fingerprint density at radius 1 is 0.905 bits per heavy atom. The number of halogens is 3. The number of nitrogen functional groups attached to an aromatic ring is 1. The second-order valence-corrected chi connectivity index (χ2v) is 5.66. The number of hydrogen-bond acceptors (Lipinski definition) is 3. The molecule has 6 heteroatoms. The summed E-state index contributed by atoms with van der Waals surface area (Å²) < 4.78 is 5.35. The Bertz CT molecular complexity index is 814. The van der Waals surface area contributed by atoms with Gasteiger partial charge in [0.2, 0.25) is 0 Å². The normalized spacial score (nSPS) is 10.8. The maximum absolute atomic E-state index is 6.05. The Morgan fingerprint density at radius 2 is 1.71 bits per heavy atom. The first kappa shape index (κ1) is 14.3. The second kappa shape index (κ2) is 5.60. The fraction of sp³-hybridized carbons (Fsp3) is 0. The minimum Gasteiger partial charge on any atom is -0.380 e. The summed E-state index contributed by atoms with van der Waals surface area (Å²) in [5.74, 6) is 0.812. The van der Waals surface area contributed by atoms with Gasteiger partial charge in [-0.05, 0) is 35.9 Å². The quantitative estimate of drug-likeness (QED) is 0.666. The number of hydrogen-bond donors (Lipinski definition) is 1. The van der Waals surface area contributed by atoms with Gasteiger partial charge in [0.05, 0.1) is 15.6 Å². The highest BCUT2D eigenvalue weighted by Crippen LogP contribution is 2.39. The van der Waals surface area contributed by atoms with Crippen molar-refractivity contribution in [1.82, 2.24) is 5.16 Å². The van der Waals surface area contributed by atoms with E-state index in [4.69, 9.17) is 45.1 Å². The predicted octanol–water partition coefficient (Wildman–Crippen LogP) is 5.55. The van der Waals surface area contributed by atoms with Crippen molar-refractivity contribution in [3.8, 4) is 22.5 Å². The SMILES string of the molecule is Nc1noc(-c2ccc(Cl)c(Cl)c2)c1-c1cccc(Cl)c1. The number of aromatic nitrogens is 1. The van der Waals surface area contributed by atoms with Gasteiger partial charge in [-0.15, -0.1) is 0 Å². The third-order valence-electron chi connectivity index (χ3n) is 3.01. The van der Waals surface area contributed by atoms with Crippen LogP contribution in [0.25, 0.3) is 22.5 Å². The molecule has 3 rings (SSSR count). The molecule has 0 bridgehead atoms. The van der Waals surface area contributed by atoms with E-state index < -0.39 is 0 Å². The zero-order valence-corrected chi connectivity index (χ0v) is 12.9. The molecule has 0 amide bonds. The van der Waals surface area contributed by atoms with Crippen molar-refractivity contribution in [2.45, 2.75) is 0 Å². The lowest BCUT2D eigenvalue weighted by Gasteiger charge is -2.04. The summed E-state index contributed by atoms with van der Waals surface area (Å²) in [5, 5.41) is 5.34. The number of rotatable bonds is 2. The number of nitrogens with zero attached hydrogens (tertiary/aromatic N) is 1. The molecule has 0 unspecified atom stereocenters. The van der Waals surface area contributed by atoms with Crippen molar-refractivity contribution in [2.75, 3.05) is 5.73 Å². The van der Waals surface area contributed by atoms with E-state index >= 15 is 0 Å². The van der Waals surface area contributed by atoms with Gasteiger partial charge in [-0.3, -0.25) is 0 Å². The van der Waals surface area contributed by atoms with Crippen LogP contribution in [0.3, 0.4) is 0 Å². The van der Waals surface area contributed by atoms with Gasteiger partial charge in [-0.2, -0.15) is 0 Å². The molecule has 0 fully saturated rings. The Labute approximate surface area is 136 Å². The standard InChI is InChI=1S/C15H9Cl3N2O/c16-10-3-1-2-8(6-10)13-14(21-20-15(13)19)9-4-5-11(17)12(18)7-9/h1-7H,(H2,19,20). The smallest absolute Gasteiger partial charge is 0.176 e. The number of anilines is 1. The maximum Gasteiger partial charge on any atom is 0.176 e. The molecule has 0 aliphatic heterocycles. The van der Waals surface area contributed by atoms with Crippen molar-refractivity contribution in [3.05, 3.63) is 57.5 Å². The summed E-state index contributed by atoms with van der Waals surface area (Å²) >= 11 is 18.0. The predicted molar refractivity (Wildman–Crippen MR) is 86.8 cm³/mol. The van der Waals surface area contributed by atoms with Gasteiger partial charge in [-0.1, -0.05) is 52.1 Å². The van der Waals surface area contributed by atoms with Crippen LogP contribution in [0.5, 0.6) is 0 Å². The molecule has 3 nitrogen and oxygen atoms in total. The molecule has 2 N–H and O–H groups in total. The third-order valence-corrected chi connectivity index (χ3v) is 3.99. The highest BCUT2D eigenvalue weighted by atomic mass is 35.5. The molecule has 106 valence electrons. The van der Waals surface area contributed by atoms with E-state index in [0.717, 1.165) is 11.1 Å². The minimum absolute atomic E-state index is 0.290. The molecular formula is C15H9Cl3N2O. The topological polar surface area (TPSA) is 52.0 Å². The van der Waals surface area contributed by atoms with Gasteiger partial charge in [0, 0.05) is 10.6 Å². The first-order chi connectivity index (χ1) is 10.1. The molecule has 0 saturated heterocycles. The highest BCUT2D eigenvalue weighted by molar-refractivity contribution is 6.42. The zero-order valence-electron chi connectivity index (χ0n) is 10.6. The molecule has 0 spiro atoms. The molecule has 21 heavy (non-hydrogen) atoms. The van der Waals surface area contributed by atoms with Crippen LogP contribution in [0, 0.1) is 0 Å². The van der Waals surface area contributed by atoms with Crippen molar-refractivity contribution in [1.29, 1.82) is 0 Å². The highest BCUT2D eigenvalue weighted by Gasteiger charge is 2.18. The largest absolute Gasteiger partial charge is 0.380 e. The molecule has 0 aliphatic carbocycles. The van der Waals surface area contributed by atoms with Gasteiger partial charge < -0.3 is 10.3 Å². The van der Waals surface area contributed by atoms with Crippen molar-refractivity contribution in [2.24, 2.45) is 0 Å². The lowest BCUT2D eigenvalue weighted by molar-refractivity contribution is 0.436. The summed E-state index contributed by atoms with van der Waals surface area (Å²) in [4.78, 5) is 0. The Morgan fingerprint density at radius 3 is 2.43 bits per heavy atom. The first-order valence-corrected chi connectivity index (χ1v) is 7.16. The van der Waals surface area contributed by atoms with E-state index in [0.29, 0.717) is 32.2 Å². The van der Waals surface area contributed by atoms with E-state index in [9.17, 15) is 0 Å². The van der Waals surface area contributed by atoms with E-state index in [2.05, 4.69) is 5.16 Å². The van der Waals surface area contributed by atoms with Gasteiger partial charge in [0.25, 0.3) is 0 Å². The van der Waals surface area contributed by atoms with E-state index in [-0.39, 0.29) is 0 Å². The molecule has 0 radical (unpaired) electrons. The van der Waals surface area contributed by atoms with Crippen LogP contribution in [0.2, 0.25) is 15.1 Å². The Hall–Kier alpha value is -1.68. The van der Waals surface area contributed by atoms with Crippen LogP contribution < -0.4 is 5.73 Å². The monoisotopic (exact) mass is 338 g/mol. The Balaban J connectivity index is 2.19. The second-order valence-electron chi connectivity index (χ2n) is 4.41. The summed E-state index contributed by atoms with van der Waals surface area (Å²) in [6, 6.07) is 12.5. The van der Waals surface area contributed by atoms with Crippen LogP contribution in [-0.2, 0) is 0 Å².